The molecule has 3 heteroatoms. The number of hydrogen-bond donors (Lipinski definition) is 0. The van der Waals surface area contributed by atoms with E-state index >= 15 is 0 Å². The molecule has 1 heterocycles. The maximum absolute atomic E-state index is 12.1. The van der Waals surface area contributed by atoms with E-state index in [9.17, 15) is 4.79 Å². The lowest BCUT2D eigenvalue weighted by Crippen LogP contribution is -2.32. The van der Waals surface area contributed by atoms with Crippen LogP contribution in [0.2, 0.25) is 0 Å². The number of allylic oxidation sites excluding steroid dienone is 1. The van der Waals surface area contributed by atoms with Crippen LogP contribution < -0.4 is 4.57 Å². The number of hydrogen-bond acceptors (Lipinski definition) is 2. The average molecular weight is 381 g/mol. The molecule has 0 aliphatic heterocycles. The first-order valence-corrected chi connectivity index (χ1v) is 10.6. The molecule has 0 fully saturated rings. The van der Waals surface area contributed by atoms with Gasteiger partial charge < -0.3 is 4.74 Å². The van der Waals surface area contributed by atoms with Crippen molar-refractivity contribution < 1.29 is 14.1 Å². The van der Waals surface area contributed by atoms with Crippen LogP contribution in [0.4, 0.5) is 0 Å². The molecule has 0 saturated carbocycles. The SMILES string of the molecule is C=CCCCCCCCCCCOC(=O)c1ccc(C[n+]2ccccc2)cc1. The van der Waals surface area contributed by atoms with E-state index in [1.165, 1.54) is 38.5 Å². The molecule has 3 nitrogen and oxygen atoms in total. The third kappa shape index (κ3) is 8.98. The molecule has 0 unspecified atom stereocenters. The first-order valence-electron chi connectivity index (χ1n) is 10.6. The van der Waals surface area contributed by atoms with Crippen molar-refractivity contribution in [1.82, 2.24) is 0 Å². The van der Waals surface area contributed by atoms with Gasteiger partial charge in [-0.15, -0.1) is 6.58 Å². The number of nitrogens with zero attached hydrogens (tertiary/aromatic N) is 1. The fourth-order valence-electron chi connectivity index (χ4n) is 3.20. The molecular formula is C25H34NO2+. The summed E-state index contributed by atoms with van der Waals surface area (Å²) in [6.45, 7) is 5.06. The summed E-state index contributed by atoms with van der Waals surface area (Å²) in [5.74, 6) is -0.221. The Hall–Kier alpha value is -2.42. The molecule has 0 saturated heterocycles. The van der Waals surface area contributed by atoms with Crippen molar-refractivity contribution in [3.05, 3.63) is 78.6 Å². The Morgan fingerprint density at radius 2 is 1.46 bits per heavy atom. The summed E-state index contributed by atoms with van der Waals surface area (Å²) in [7, 11) is 0. The number of carbonyl (C=O) groups excluding carboxylic acids is 1. The zero-order chi connectivity index (χ0) is 19.9. The minimum Gasteiger partial charge on any atom is -0.462 e. The Kier molecular flexibility index (Phi) is 10.7. The fraction of sp³-hybridized carbons (Fsp3) is 0.440. The molecule has 0 amide bonds. The van der Waals surface area contributed by atoms with E-state index in [1.807, 2.05) is 60.9 Å². The minimum atomic E-state index is -0.221. The molecule has 0 bridgehead atoms. The second kappa shape index (κ2) is 13.7. The van der Waals surface area contributed by atoms with Crippen molar-refractivity contribution >= 4 is 5.97 Å². The van der Waals surface area contributed by atoms with Crippen LogP contribution >= 0.6 is 0 Å². The second-order valence-electron chi connectivity index (χ2n) is 7.29. The van der Waals surface area contributed by atoms with Gasteiger partial charge in [-0.3, -0.25) is 0 Å². The van der Waals surface area contributed by atoms with Crippen LogP contribution in [-0.4, -0.2) is 12.6 Å². The number of esters is 1. The van der Waals surface area contributed by atoms with Gasteiger partial charge in [-0.2, -0.15) is 0 Å². The van der Waals surface area contributed by atoms with E-state index in [4.69, 9.17) is 4.74 Å². The summed E-state index contributed by atoms with van der Waals surface area (Å²) in [6, 6.07) is 13.7. The van der Waals surface area contributed by atoms with Crippen molar-refractivity contribution in [3.63, 3.8) is 0 Å². The highest BCUT2D eigenvalue weighted by Gasteiger charge is 2.08. The molecule has 2 rings (SSSR count). The van der Waals surface area contributed by atoms with E-state index in [0.29, 0.717) is 12.2 Å². The number of benzene rings is 1. The Labute approximate surface area is 170 Å². The third-order valence-electron chi connectivity index (χ3n) is 4.87. The molecular weight excluding hydrogens is 346 g/mol. The van der Waals surface area contributed by atoms with E-state index in [0.717, 1.165) is 31.4 Å². The zero-order valence-electron chi connectivity index (χ0n) is 17.0. The van der Waals surface area contributed by atoms with Gasteiger partial charge in [0.25, 0.3) is 0 Å². The molecule has 150 valence electrons. The lowest BCUT2D eigenvalue weighted by atomic mass is 10.1. The summed E-state index contributed by atoms with van der Waals surface area (Å²) in [4.78, 5) is 12.1. The normalized spacial score (nSPS) is 10.6. The summed E-state index contributed by atoms with van der Waals surface area (Å²) in [5.41, 5.74) is 1.79. The molecule has 0 radical (unpaired) electrons. The van der Waals surface area contributed by atoms with E-state index in [2.05, 4.69) is 11.1 Å². The highest BCUT2D eigenvalue weighted by molar-refractivity contribution is 5.89. The zero-order valence-corrected chi connectivity index (χ0v) is 17.0. The number of rotatable bonds is 14. The van der Waals surface area contributed by atoms with Crippen LogP contribution in [0, 0.1) is 0 Å². The van der Waals surface area contributed by atoms with Crippen LogP contribution in [0.1, 0.15) is 73.7 Å². The molecule has 0 aliphatic carbocycles. The predicted molar refractivity (Wildman–Crippen MR) is 114 cm³/mol. The topological polar surface area (TPSA) is 30.2 Å². The molecule has 2 aromatic rings. The van der Waals surface area contributed by atoms with Gasteiger partial charge in [0, 0.05) is 17.7 Å². The van der Waals surface area contributed by atoms with Gasteiger partial charge in [-0.1, -0.05) is 62.8 Å². The van der Waals surface area contributed by atoms with Gasteiger partial charge in [0.05, 0.1) is 12.2 Å². The van der Waals surface area contributed by atoms with Gasteiger partial charge in [0.2, 0.25) is 0 Å². The largest absolute Gasteiger partial charge is 0.462 e. The summed E-state index contributed by atoms with van der Waals surface area (Å²) in [6.07, 6.45) is 17.0. The van der Waals surface area contributed by atoms with Crippen molar-refractivity contribution in [2.75, 3.05) is 6.61 Å². The van der Waals surface area contributed by atoms with E-state index < -0.39 is 0 Å². The van der Waals surface area contributed by atoms with Crippen LogP contribution in [-0.2, 0) is 11.3 Å². The smallest absolute Gasteiger partial charge is 0.338 e. The van der Waals surface area contributed by atoms with Gasteiger partial charge in [-0.25, -0.2) is 9.36 Å². The van der Waals surface area contributed by atoms with Gasteiger partial charge >= 0.3 is 5.97 Å². The predicted octanol–water partition coefficient (Wildman–Crippen LogP) is 5.88. The number of carbonyl (C=O) groups is 1. The van der Waals surface area contributed by atoms with Crippen LogP contribution in [0.15, 0.2) is 67.5 Å². The molecule has 0 spiro atoms. The standard InChI is InChI=1S/C25H34NO2/c1-2-3-4-5-6-7-8-9-10-14-21-28-25(27)24-17-15-23(16-18-24)22-26-19-12-11-13-20-26/h2,11-13,15-20H,1,3-10,14,21-22H2/q+1. The average Bonchev–Trinajstić information content (AvgIpc) is 2.73. The van der Waals surface area contributed by atoms with Crippen molar-refractivity contribution in [1.29, 1.82) is 0 Å². The number of ether oxygens (including phenoxy) is 1. The van der Waals surface area contributed by atoms with Gasteiger partial charge in [0.1, 0.15) is 0 Å². The Morgan fingerprint density at radius 3 is 2.11 bits per heavy atom. The highest BCUT2D eigenvalue weighted by atomic mass is 16.5. The lowest BCUT2D eigenvalue weighted by Gasteiger charge is -2.06. The molecule has 0 N–H and O–H groups in total. The van der Waals surface area contributed by atoms with E-state index in [1.54, 1.807) is 0 Å². The summed E-state index contributed by atoms with van der Waals surface area (Å²) in [5, 5.41) is 0. The highest BCUT2D eigenvalue weighted by Crippen LogP contribution is 2.11. The quantitative estimate of drug-likeness (QED) is 0.177. The van der Waals surface area contributed by atoms with Crippen molar-refractivity contribution in [3.8, 4) is 0 Å². The van der Waals surface area contributed by atoms with Crippen molar-refractivity contribution in [2.45, 2.75) is 64.3 Å². The Morgan fingerprint density at radius 1 is 0.857 bits per heavy atom. The molecule has 0 atom stereocenters. The second-order valence-corrected chi connectivity index (χ2v) is 7.29. The Balaban J connectivity index is 1.55. The van der Waals surface area contributed by atoms with Crippen molar-refractivity contribution in [2.24, 2.45) is 0 Å². The van der Waals surface area contributed by atoms with Gasteiger partial charge in [-0.05, 0) is 31.4 Å². The molecule has 28 heavy (non-hydrogen) atoms. The fourth-order valence-corrected chi connectivity index (χ4v) is 3.20. The summed E-state index contributed by atoms with van der Waals surface area (Å²) >= 11 is 0. The minimum absolute atomic E-state index is 0.221. The maximum atomic E-state index is 12.1. The maximum Gasteiger partial charge on any atom is 0.338 e. The van der Waals surface area contributed by atoms with Crippen LogP contribution in [0.5, 0.6) is 0 Å². The molecule has 1 aromatic carbocycles. The molecule has 1 aromatic heterocycles. The number of aromatic nitrogens is 1. The monoisotopic (exact) mass is 380 g/mol. The third-order valence-corrected chi connectivity index (χ3v) is 4.87. The molecule has 0 aliphatic rings. The lowest BCUT2D eigenvalue weighted by molar-refractivity contribution is -0.688. The first-order chi connectivity index (χ1) is 13.8. The summed E-state index contributed by atoms with van der Waals surface area (Å²) < 4.78 is 7.51. The number of unbranched alkanes of at least 4 members (excludes halogenated alkanes) is 8. The number of pyridine rings is 1. The first kappa shape index (κ1) is 21.9. The Bertz CT molecular complexity index is 679. The van der Waals surface area contributed by atoms with Gasteiger partial charge in [0.15, 0.2) is 18.9 Å². The van der Waals surface area contributed by atoms with E-state index in [-0.39, 0.29) is 5.97 Å². The van der Waals surface area contributed by atoms with Crippen LogP contribution in [0.25, 0.3) is 0 Å². The van der Waals surface area contributed by atoms with Crippen LogP contribution in [0.3, 0.4) is 0 Å².